The monoisotopic (exact) mass is 319 g/mol. The molecule has 0 N–H and O–H groups in total. The molecule has 120 valence electrons. The van der Waals surface area contributed by atoms with Gasteiger partial charge in [-0.2, -0.15) is 5.10 Å². The molecule has 0 saturated carbocycles. The number of benzene rings is 1. The lowest BCUT2D eigenvalue weighted by molar-refractivity contribution is 0.0761. The van der Waals surface area contributed by atoms with E-state index in [2.05, 4.69) is 10.2 Å². The molecule has 2 aromatic rings. The van der Waals surface area contributed by atoms with Crippen molar-refractivity contribution >= 4 is 5.91 Å². The van der Waals surface area contributed by atoms with Crippen LogP contribution in [0.4, 0.5) is 8.78 Å². The number of ether oxygens (including phenoxy) is 1. The first-order valence-electron chi connectivity index (χ1n) is 7.25. The summed E-state index contributed by atoms with van der Waals surface area (Å²) >= 11 is 0. The van der Waals surface area contributed by atoms with E-state index in [1.807, 2.05) is 6.92 Å². The zero-order valence-electron chi connectivity index (χ0n) is 12.5. The molecule has 5 nitrogen and oxygen atoms in total. The first kappa shape index (κ1) is 15.3. The number of hydrogen-bond donors (Lipinski definition) is 0. The Bertz CT molecular complexity index is 702. The van der Waals surface area contributed by atoms with Crippen LogP contribution in [0.25, 0.3) is 0 Å². The van der Waals surface area contributed by atoms with Crippen LogP contribution in [0.15, 0.2) is 30.3 Å². The fourth-order valence-electron chi connectivity index (χ4n) is 2.49. The van der Waals surface area contributed by atoms with Crippen molar-refractivity contribution in [1.82, 2.24) is 15.1 Å². The molecule has 1 aromatic carbocycles. The molecule has 0 bridgehead atoms. The number of rotatable bonds is 3. The molecular formula is C16H15F2N3O2. The first-order chi connectivity index (χ1) is 11.0. The number of likely N-dealkylation sites (tertiary alicyclic amines) is 1. The lowest BCUT2D eigenvalue weighted by Crippen LogP contribution is -2.32. The SMILES string of the molecule is Cc1ccc(OC2CCN(C(=O)c3c(F)cccc3F)C2)nn1. The second-order valence-electron chi connectivity index (χ2n) is 5.39. The van der Waals surface area contributed by atoms with Crippen LogP contribution in [0, 0.1) is 18.6 Å². The van der Waals surface area contributed by atoms with Crippen LogP contribution in [-0.4, -0.2) is 40.2 Å². The minimum absolute atomic E-state index is 0.252. The van der Waals surface area contributed by atoms with Crippen molar-refractivity contribution in [3.8, 4) is 5.88 Å². The molecule has 1 fully saturated rings. The molecule has 1 atom stereocenters. The number of halogens is 2. The standard InChI is InChI=1S/C16H15F2N3O2/c1-10-5-6-14(20-19-10)23-11-7-8-21(9-11)16(22)15-12(17)3-2-4-13(15)18/h2-6,11H,7-9H2,1H3. The number of hydrogen-bond acceptors (Lipinski definition) is 4. The molecule has 1 aromatic heterocycles. The Morgan fingerprint density at radius 3 is 2.61 bits per heavy atom. The molecule has 2 heterocycles. The van der Waals surface area contributed by atoms with E-state index in [9.17, 15) is 13.6 Å². The summed E-state index contributed by atoms with van der Waals surface area (Å²) in [4.78, 5) is 13.7. The van der Waals surface area contributed by atoms with Crippen LogP contribution in [-0.2, 0) is 0 Å². The highest BCUT2D eigenvalue weighted by Crippen LogP contribution is 2.21. The van der Waals surface area contributed by atoms with Crippen LogP contribution in [0.3, 0.4) is 0 Å². The van der Waals surface area contributed by atoms with Crippen molar-refractivity contribution in [3.05, 3.63) is 53.2 Å². The van der Waals surface area contributed by atoms with Gasteiger partial charge in [-0.3, -0.25) is 4.79 Å². The summed E-state index contributed by atoms with van der Waals surface area (Å²) in [5.41, 5.74) is 0.249. The Morgan fingerprint density at radius 1 is 1.22 bits per heavy atom. The quantitative estimate of drug-likeness (QED) is 0.871. The third-order valence-corrected chi connectivity index (χ3v) is 3.67. The van der Waals surface area contributed by atoms with Crippen molar-refractivity contribution in [3.63, 3.8) is 0 Å². The van der Waals surface area contributed by atoms with Gasteiger partial charge in [-0.1, -0.05) is 6.07 Å². The van der Waals surface area contributed by atoms with E-state index >= 15 is 0 Å². The first-order valence-corrected chi connectivity index (χ1v) is 7.25. The second-order valence-corrected chi connectivity index (χ2v) is 5.39. The van der Waals surface area contributed by atoms with Gasteiger partial charge in [0, 0.05) is 19.0 Å². The van der Waals surface area contributed by atoms with Gasteiger partial charge in [0.1, 0.15) is 23.3 Å². The number of carbonyl (C=O) groups is 1. The van der Waals surface area contributed by atoms with Crippen molar-refractivity contribution < 1.29 is 18.3 Å². The van der Waals surface area contributed by atoms with Crippen molar-refractivity contribution in [1.29, 1.82) is 0 Å². The molecule has 0 aliphatic carbocycles. The lowest BCUT2D eigenvalue weighted by atomic mass is 10.1. The fourth-order valence-corrected chi connectivity index (χ4v) is 2.49. The molecule has 0 radical (unpaired) electrons. The predicted octanol–water partition coefficient (Wildman–Crippen LogP) is 2.36. The maximum absolute atomic E-state index is 13.7. The van der Waals surface area contributed by atoms with Gasteiger partial charge in [0.25, 0.3) is 5.91 Å². The van der Waals surface area contributed by atoms with Gasteiger partial charge in [-0.25, -0.2) is 8.78 Å². The summed E-state index contributed by atoms with van der Waals surface area (Å²) in [6.45, 7) is 2.44. The third-order valence-electron chi connectivity index (χ3n) is 3.67. The second kappa shape index (κ2) is 6.28. The summed E-state index contributed by atoms with van der Waals surface area (Å²) in [5.74, 6) is -2.01. The van der Waals surface area contributed by atoms with Crippen molar-refractivity contribution in [2.24, 2.45) is 0 Å². The summed E-state index contributed by atoms with van der Waals surface area (Å²) < 4.78 is 33.1. The molecule has 7 heteroatoms. The molecule has 3 rings (SSSR count). The Kier molecular flexibility index (Phi) is 4.18. The Morgan fingerprint density at radius 2 is 1.96 bits per heavy atom. The van der Waals surface area contributed by atoms with Crippen LogP contribution in [0.1, 0.15) is 22.5 Å². The third kappa shape index (κ3) is 3.28. The largest absolute Gasteiger partial charge is 0.471 e. The highest BCUT2D eigenvalue weighted by Gasteiger charge is 2.31. The van der Waals surface area contributed by atoms with E-state index in [0.717, 1.165) is 17.8 Å². The van der Waals surface area contributed by atoms with E-state index in [-0.39, 0.29) is 12.6 Å². The van der Waals surface area contributed by atoms with Gasteiger partial charge in [0.15, 0.2) is 0 Å². The van der Waals surface area contributed by atoms with Gasteiger partial charge >= 0.3 is 0 Å². The van der Waals surface area contributed by atoms with Crippen LogP contribution >= 0.6 is 0 Å². The van der Waals surface area contributed by atoms with E-state index in [1.54, 1.807) is 12.1 Å². The minimum Gasteiger partial charge on any atom is -0.471 e. The highest BCUT2D eigenvalue weighted by atomic mass is 19.1. The highest BCUT2D eigenvalue weighted by molar-refractivity contribution is 5.95. The molecule has 1 unspecified atom stereocenters. The number of aryl methyl sites for hydroxylation is 1. The number of carbonyl (C=O) groups excluding carboxylic acids is 1. The van der Waals surface area contributed by atoms with E-state index in [0.29, 0.717) is 18.8 Å². The topological polar surface area (TPSA) is 55.3 Å². The van der Waals surface area contributed by atoms with Gasteiger partial charge in [-0.05, 0) is 25.1 Å². The zero-order valence-corrected chi connectivity index (χ0v) is 12.5. The van der Waals surface area contributed by atoms with Crippen molar-refractivity contribution in [2.75, 3.05) is 13.1 Å². The number of nitrogens with zero attached hydrogens (tertiary/aromatic N) is 3. The van der Waals surface area contributed by atoms with Gasteiger partial charge in [0.05, 0.1) is 12.2 Å². The van der Waals surface area contributed by atoms with Crippen LogP contribution < -0.4 is 4.74 Å². The fraction of sp³-hybridized carbons (Fsp3) is 0.312. The summed E-state index contributed by atoms with van der Waals surface area (Å²) in [6.07, 6.45) is 0.294. The van der Waals surface area contributed by atoms with Gasteiger partial charge in [0.2, 0.25) is 5.88 Å². The normalized spacial score (nSPS) is 17.3. The maximum atomic E-state index is 13.7. The van der Waals surface area contributed by atoms with E-state index in [4.69, 9.17) is 4.74 Å². The summed E-state index contributed by atoms with van der Waals surface area (Å²) in [6, 6.07) is 6.84. The molecule has 1 aliphatic rings. The lowest BCUT2D eigenvalue weighted by Gasteiger charge is -2.17. The molecule has 1 aliphatic heterocycles. The summed E-state index contributed by atoms with van der Waals surface area (Å²) in [5, 5.41) is 7.79. The smallest absolute Gasteiger partial charge is 0.259 e. The van der Waals surface area contributed by atoms with Crippen LogP contribution in [0.5, 0.6) is 5.88 Å². The minimum atomic E-state index is -0.858. The Balaban J connectivity index is 1.67. The van der Waals surface area contributed by atoms with Gasteiger partial charge < -0.3 is 9.64 Å². The number of amides is 1. The average molecular weight is 319 g/mol. The predicted molar refractivity (Wildman–Crippen MR) is 78.1 cm³/mol. The number of aromatic nitrogens is 2. The van der Waals surface area contributed by atoms with Crippen LogP contribution in [0.2, 0.25) is 0 Å². The molecular weight excluding hydrogens is 304 g/mol. The summed E-state index contributed by atoms with van der Waals surface area (Å²) in [7, 11) is 0. The van der Waals surface area contributed by atoms with Gasteiger partial charge in [-0.15, -0.1) is 5.10 Å². The molecule has 0 spiro atoms. The maximum Gasteiger partial charge on any atom is 0.259 e. The van der Waals surface area contributed by atoms with Crippen molar-refractivity contribution in [2.45, 2.75) is 19.4 Å². The average Bonchev–Trinajstić information content (AvgIpc) is 2.98. The molecule has 1 saturated heterocycles. The Hall–Kier alpha value is -2.57. The zero-order chi connectivity index (χ0) is 16.4. The Labute approximate surface area is 131 Å². The molecule has 1 amide bonds. The van der Waals surface area contributed by atoms with E-state index < -0.39 is 23.1 Å². The van der Waals surface area contributed by atoms with E-state index in [1.165, 1.54) is 11.0 Å². The molecule has 23 heavy (non-hydrogen) atoms.